The van der Waals surface area contributed by atoms with Crippen molar-refractivity contribution in [2.45, 2.75) is 31.7 Å². The molecule has 1 amide bonds. The van der Waals surface area contributed by atoms with Crippen LogP contribution in [0.5, 0.6) is 0 Å². The summed E-state index contributed by atoms with van der Waals surface area (Å²) in [6, 6.07) is 9.46. The van der Waals surface area contributed by atoms with Crippen LogP contribution in [0.2, 0.25) is 0 Å². The Balaban J connectivity index is 1.77. The molecule has 1 aromatic carbocycles. The number of carbonyl (C=O) groups is 1. The maximum atomic E-state index is 12.4. The van der Waals surface area contributed by atoms with E-state index in [1.54, 1.807) is 29.4 Å². The summed E-state index contributed by atoms with van der Waals surface area (Å²) in [4.78, 5) is 12.4. The lowest BCUT2D eigenvalue weighted by molar-refractivity contribution is 0.0906. The van der Waals surface area contributed by atoms with E-state index in [0.717, 1.165) is 24.9 Å². The molecule has 6 nitrogen and oxygen atoms in total. The molecule has 1 aliphatic rings. The summed E-state index contributed by atoms with van der Waals surface area (Å²) in [6.45, 7) is 2.02. The van der Waals surface area contributed by atoms with Gasteiger partial charge in [-0.05, 0) is 49.4 Å². The molecular formula is C16H17N5O. The first-order chi connectivity index (χ1) is 10.6. The van der Waals surface area contributed by atoms with Crippen molar-refractivity contribution in [3.63, 3.8) is 0 Å². The van der Waals surface area contributed by atoms with Gasteiger partial charge in [0.1, 0.15) is 18.2 Å². The maximum absolute atomic E-state index is 12.4. The Morgan fingerprint density at radius 1 is 1.36 bits per heavy atom. The van der Waals surface area contributed by atoms with Gasteiger partial charge in [0.15, 0.2) is 0 Å². The molecule has 112 valence electrons. The van der Waals surface area contributed by atoms with Crippen LogP contribution in [0.25, 0.3) is 5.69 Å². The molecule has 1 N–H and O–H groups in total. The minimum Gasteiger partial charge on any atom is -0.333 e. The first-order valence-corrected chi connectivity index (χ1v) is 7.33. The molecule has 0 aliphatic heterocycles. The zero-order chi connectivity index (χ0) is 15.6. The van der Waals surface area contributed by atoms with Crippen molar-refractivity contribution < 1.29 is 4.79 Å². The lowest BCUT2D eigenvalue weighted by Gasteiger charge is -2.27. The van der Waals surface area contributed by atoms with E-state index in [1.807, 2.05) is 19.1 Å². The molecule has 2 aromatic rings. The van der Waals surface area contributed by atoms with Crippen LogP contribution in [-0.2, 0) is 0 Å². The molecule has 1 fully saturated rings. The molecule has 1 aliphatic carbocycles. The third kappa shape index (κ3) is 2.46. The van der Waals surface area contributed by atoms with Crippen molar-refractivity contribution in [1.29, 1.82) is 5.26 Å². The quantitative estimate of drug-likeness (QED) is 0.939. The van der Waals surface area contributed by atoms with Crippen molar-refractivity contribution in [3.8, 4) is 11.8 Å². The number of amides is 1. The summed E-state index contributed by atoms with van der Waals surface area (Å²) < 4.78 is 1.76. The highest BCUT2D eigenvalue weighted by Gasteiger charge is 2.41. The van der Waals surface area contributed by atoms with E-state index in [-0.39, 0.29) is 11.8 Å². The van der Waals surface area contributed by atoms with Crippen LogP contribution in [0.4, 0.5) is 0 Å². The van der Waals surface area contributed by atoms with Crippen molar-refractivity contribution in [3.05, 3.63) is 42.5 Å². The molecule has 0 saturated heterocycles. The zero-order valence-corrected chi connectivity index (χ0v) is 12.4. The normalized spacial score (nSPS) is 23.9. The Kier molecular flexibility index (Phi) is 3.63. The van der Waals surface area contributed by atoms with E-state index < -0.39 is 5.54 Å². The van der Waals surface area contributed by atoms with E-state index in [0.29, 0.717) is 5.56 Å². The van der Waals surface area contributed by atoms with Crippen LogP contribution in [0.15, 0.2) is 36.9 Å². The predicted octanol–water partition coefficient (Wildman–Crippen LogP) is 2.08. The number of nitrogens with zero attached hydrogens (tertiary/aromatic N) is 4. The van der Waals surface area contributed by atoms with Crippen LogP contribution < -0.4 is 5.32 Å². The van der Waals surface area contributed by atoms with Gasteiger partial charge in [-0.2, -0.15) is 5.26 Å². The topological polar surface area (TPSA) is 83.6 Å². The van der Waals surface area contributed by atoms with E-state index in [1.165, 1.54) is 0 Å². The van der Waals surface area contributed by atoms with Gasteiger partial charge >= 0.3 is 0 Å². The van der Waals surface area contributed by atoms with Gasteiger partial charge in [-0.25, -0.2) is 0 Å². The second-order valence-electron chi connectivity index (χ2n) is 5.75. The molecule has 0 radical (unpaired) electrons. The van der Waals surface area contributed by atoms with Gasteiger partial charge in [0.2, 0.25) is 0 Å². The fourth-order valence-electron chi connectivity index (χ4n) is 2.95. The summed E-state index contributed by atoms with van der Waals surface area (Å²) in [5, 5.41) is 19.9. The second kappa shape index (κ2) is 5.60. The van der Waals surface area contributed by atoms with Gasteiger partial charge in [0.05, 0.1) is 6.07 Å². The highest BCUT2D eigenvalue weighted by molar-refractivity contribution is 5.95. The molecule has 0 bridgehead atoms. The van der Waals surface area contributed by atoms with Crippen LogP contribution in [0, 0.1) is 17.2 Å². The number of benzene rings is 1. The molecule has 3 rings (SSSR count). The predicted molar refractivity (Wildman–Crippen MR) is 80.2 cm³/mol. The highest BCUT2D eigenvalue weighted by atomic mass is 16.1. The van der Waals surface area contributed by atoms with Gasteiger partial charge in [0.25, 0.3) is 5.91 Å². The van der Waals surface area contributed by atoms with Crippen LogP contribution in [0.3, 0.4) is 0 Å². The number of rotatable bonds is 3. The average molecular weight is 295 g/mol. The average Bonchev–Trinajstić information content (AvgIpc) is 3.18. The number of hydrogen-bond donors (Lipinski definition) is 1. The number of carbonyl (C=O) groups excluding carboxylic acids is 1. The molecule has 0 unspecified atom stereocenters. The van der Waals surface area contributed by atoms with Crippen LogP contribution in [0.1, 0.15) is 36.5 Å². The molecule has 1 saturated carbocycles. The lowest BCUT2D eigenvalue weighted by atomic mass is 9.89. The van der Waals surface area contributed by atoms with Gasteiger partial charge in [0, 0.05) is 11.3 Å². The standard InChI is InChI=1S/C16H17N5O/c1-12-3-2-8-16(12,9-17)20-15(22)13-4-6-14(7-5-13)21-10-18-19-11-21/h4-7,10-12H,2-3,8H2,1H3,(H,20,22)/t12-,16+/m0/s1. The first-order valence-electron chi connectivity index (χ1n) is 7.33. The van der Waals surface area contributed by atoms with E-state index in [9.17, 15) is 10.1 Å². The molecule has 2 atom stereocenters. The van der Waals surface area contributed by atoms with E-state index in [4.69, 9.17) is 0 Å². The Morgan fingerprint density at radius 3 is 2.59 bits per heavy atom. The highest BCUT2D eigenvalue weighted by Crippen LogP contribution is 2.35. The van der Waals surface area contributed by atoms with Crippen LogP contribution in [-0.4, -0.2) is 26.2 Å². The number of nitriles is 1. The molecule has 1 heterocycles. The Labute approximate surface area is 128 Å². The SMILES string of the molecule is C[C@H]1CCC[C@]1(C#N)NC(=O)c1ccc(-n2cnnc2)cc1. The summed E-state index contributed by atoms with van der Waals surface area (Å²) >= 11 is 0. The van der Waals surface area contributed by atoms with Crippen molar-refractivity contribution >= 4 is 5.91 Å². The minimum absolute atomic E-state index is 0.178. The minimum atomic E-state index is -0.732. The molecule has 1 aromatic heterocycles. The molecule has 6 heteroatoms. The summed E-state index contributed by atoms with van der Waals surface area (Å²) in [6.07, 6.45) is 5.86. The maximum Gasteiger partial charge on any atom is 0.252 e. The van der Waals surface area contributed by atoms with Crippen molar-refractivity contribution in [2.75, 3.05) is 0 Å². The second-order valence-corrected chi connectivity index (χ2v) is 5.75. The number of aromatic nitrogens is 3. The summed E-state index contributed by atoms with van der Waals surface area (Å²) in [5.41, 5.74) is 0.695. The van der Waals surface area contributed by atoms with Gasteiger partial charge in [-0.3, -0.25) is 9.36 Å². The molecule has 0 spiro atoms. The Hall–Kier alpha value is -2.68. The monoisotopic (exact) mass is 295 g/mol. The van der Waals surface area contributed by atoms with Crippen molar-refractivity contribution in [1.82, 2.24) is 20.1 Å². The third-order valence-corrected chi connectivity index (χ3v) is 4.43. The Morgan fingerprint density at radius 2 is 2.05 bits per heavy atom. The summed E-state index contributed by atoms with van der Waals surface area (Å²) in [7, 11) is 0. The summed E-state index contributed by atoms with van der Waals surface area (Å²) in [5.74, 6) is -0.0247. The van der Waals surface area contributed by atoms with Gasteiger partial charge in [-0.15, -0.1) is 10.2 Å². The molecule has 22 heavy (non-hydrogen) atoms. The van der Waals surface area contributed by atoms with Gasteiger partial charge in [-0.1, -0.05) is 6.92 Å². The van der Waals surface area contributed by atoms with E-state index in [2.05, 4.69) is 21.6 Å². The number of nitrogens with one attached hydrogen (secondary N) is 1. The third-order valence-electron chi connectivity index (χ3n) is 4.43. The van der Waals surface area contributed by atoms with Gasteiger partial charge < -0.3 is 5.32 Å². The fourth-order valence-corrected chi connectivity index (χ4v) is 2.95. The largest absolute Gasteiger partial charge is 0.333 e. The lowest BCUT2D eigenvalue weighted by Crippen LogP contribution is -2.49. The van der Waals surface area contributed by atoms with E-state index >= 15 is 0 Å². The smallest absolute Gasteiger partial charge is 0.252 e. The Bertz CT molecular complexity index is 701. The van der Waals surface area contributed by atoms with Crippen LogP contribution >= 0.6 is 0 Å². The molecular weight excluding hydrogens is 278 g/mol. The van der Waals surface area contributed by atoms with Crippen molar-refractivity contribution in [2.24, 2.45) is 5.92 Å². The first kappa shape index (κ1) is 14.3. The fraction of sp³-hybridized carbons (Fsp3) is 0.375. The number of hydrogen-bond acceptors (Lipinski definition) is 4. The zero-order valence-electron chi connectivity index (χ0n) is 12.4.